The number of nitrogens with zero attached hydrogens (tertiary/aromatic N) is 2. The first-order valence-electron chi connectivity index (χ1n) is 10.00. The molecule has 0 spiro atoms. The van der Waals surface area contributed by atoms with Gasteiger partial charge in [0.05, 0.1) is 10.8 Å². The fourth-order valence-corrected chi connectivity index (χ4v) is 7.59. The van der Waals surface area contributed by atoms with Crippen LogP contribution in [0.15, 0.2) is 28.5 Å². The molecule has 2 unspecified atom stereocenters. The molecule has 3 rings (SSSR count). The molecule has 3 atom stereocenters. The summed E-state index contributed by atoms with van der Waals surface area (Å²) in [6.07, 6.45) is -9.99. The minimum Gasteiger partial charge on any atom is -0.372 e. The lowest BCUT2D eigenvalue weighted by atomic mass is 9.95. The SMILES string of the molecule is C[C@@H]1CN(c2ccc(F)cc2C(F)(F)F)CCN1S(=O)(=O)C1=CCC(C(O)(C(N)=O)C(F)(F)F)S1. The zero-order chi connectivity index (χ0) is 26.6. The predicted molar refractivity (Wildman–Crippen MR) is 113 cm³/mol. The van der Waals surface area contributed by atoms with Gasteiger partial charge in [-0.15, -0.1) is 11.8 Å². The van der Waals surface area contributed by atoms with Gasteiger partial charge < -0.3 is 15.7 Å². The number of halogens is 7. The van der Waals surface area contributed by atoms with Crippen LogP contribution in [0.3, 0.4) is 0 Å². The Hall–Kier alpha value is -2.04. The largest absolute Gasteiger partial charge is 0.427 e. The van der Waals surface area contributed by atoms with E-state index in [0.717, 1.165) is 22.5 Å². The van der Waals surface area contributed by atoms with Gasteiger partial charge in [-0.2, -0.15) is 30.6 Å². The summed E-state index contributed by atoms with van der Waals surface area (Å²) >= 11 is 0.137. The molecule has 1 aromatic carbocycles. The van der Waals surface area contributed by atoms with Crippen LogP contribution in [0, 0.1) is 5.82 Å². The summed E-state index contributed by atoms with van der Waals surface area (Å²) in [7, 11) is -4.41. The number of benzene rings is 1. The number of aliphatic hydroxyl groups is 1. The molecule has 1 aromatic rings. The lowest BCUT2D eigenvalue weighted by molar-refractivity contribution is -0.249. The first-order chi connectivity index (χ1) is 15.9. The Morgan fingerprint density at radius 1 is 1.17 bits per heavy atom. The lowest BCUT2D eigenvalue weighted by Gasteiger charge is -2.41. The number of primary amides is 1. The van der Waals surface area contributed by atoms with Gasteiger partial charge in [-0.05, 0) is 31.5 Å². The Kier molecular flexibility index (Phi) is 7.18. The molecule has 7 nitrogen and oxygen atoms in total. The maximum absolute atomic E-state index is 13.4. The van der Waals surface area contributed by atoms with Gasteiger partial charge in [0.15, 0.2) is 0 Å². The summed E-state index contributed by atoms with van der Waals surface area (Å²) in [6, 6.07) is 1.21. The van der Waals surface area contributed by atoms with E-state index in [1.807, 2.05) is 0 Å². The maximum Gasteiger partial charge on any atom is 0.427 e. The molecule has 0 saturated carbocycles. The van der Waals surface area contributed by atoms with Gasteiger partial charge in [0.1, 0.15) is 10.1 Å². The number of carbonyl (C=O) groups excluding carboxylic acids is 1. The molecule has 0 aromatic heterocycles. The minimum atomic E-state index is -5.45. The summed E-state index contributed by atoms with van der Waals surface area (Å²) in [5.41, 5.74) is -0.766. The molecule has 35 heavy (non-hydrogen) atoms. The predicted octanol–water partition coefficient (Wildman–Crippen LogP) is 2.81. The van der Waals surface area contributed by atoms with E-state index in [9.17, 15) is 49.1 Å². The monoisotopic (exact) mass is 551 g/mol. The molecule has 0 aliphatic carbocycles. The summed E-state index contributed by atoms with van der Waals surface area (Å²) in [6.45, 7) is 0.643. The number of hydrogen-bond acceptors (Lipinski definition) is 6. The fraction of sp³-hybridized carbons (Fsp3) is 0.526. The number of rotatable bonds is 5. The molecule has 2 heterocycles. The normalized spacial score (nSPS) is 24.3. The Bertz CT molecular complexity index is 1140. The van der Waals surface area contributed by atoms with Crippen molar-refractivity contribution in [3.05, 3.63) is 39.9 Å². The van der Waals surface area contributed by atoms with E-state index in [2.05, 4.69) is 0 Å². The van der Waals surface area contributed by atoms with Crippen molar-refractivity contribution in [3.8, 4) is 0 Å². The van der Waals surface area contributed by atoms with E-state index in [1.54, 1.807) is 0 Å². The van der Waals surface area contributed by atoms with Gasteiger partial charge >= 0.3 is 12.4 Å². The number of sulfonamides is 1. The van der Waals surface area contributed by atoms with E-state index in [1.165, 1.54) is 11.8 Å². The zero-order valence-electron chi connectivity index (χ0n) is 17.9. The number of piperazine rings is 1. The van der Waals surface area contributed by atoms with Gasteiger partial charge in [0.2, 0.25) is 10.0 Å². The summed E-state index contributed by atoms with van der Waals surface area (Å²) in [5.74, 6) is -3.17. The topological polar surface area (TPSA) is 104 Å². The quantitative estimate of drug-likeness (QED) is 0.546. The average molecular weight is 552 g/mol. The summed E-state index contributed by atoms with van der Waals surface area (Å²) < 4.78 is 120. The van der Waals surface area contributed by atoms with Crippen LogP contribution in [0.1, 0.15) is 18.9 Å². The molecule has 0 bridgehead atoms. The molecule has 0 radical (unpaired) electrons. The minimum absolute atomic E-state index is 0.137. The second-order valence-electron chi connectivity index (χ2n) is 8.06. The number of anilines is 1. The fourth-order valence-electron chi connectivity index (χ4n) is 3.99. The van der Waals surface area contributed by atoms with Crippen molar-refractivity contribution in [2.75, 3.05) is 24.5 Å². The van der Waals surface area contributed by atoms with Gasteiger partial charge in [-0.3, -0.25) is 4.79 Å². The molecule has 196 valence electrons. The molecule has 3 N–H and O–H groups in total. The van der Waals surface area contributed by atoms with E-state index in [-0.39, 0.29) is 37.1 Å². The molecule has 16 heteroatoms. The number of nitrogens with two attached hydrogens (primary N) is 1. The molecule has 1 amide bonds. The van der Waals surface area contributed by atoms with Crippen LogP contribution in [0.4, 0.5) is 36.4 Å². The number of carbonyl (C=O) groups is 1. The van der Waals surface area contributed by atoms with Crippen LogP contribution in [0.25, 0.3) is 0 Å². The first-order valence-corrected chi connectivity index (χ1v) is 12.3. The third-order valence-electron chi connectivity index (χ3n) is 5.76. The van der Waals surface area contributed by atoms with Gasteiger partial charge in [-0.1, -0.05) is 6.08 Å². The van der Waals surface area contributed by atoms with E-state index < -0.39 is 67.2 Å². The third-order valence-corrected chi connectivity index (χ3v) is 9.74. The molecule has 1 fully saturated rings. The number of hydrogen-bond donors (Lipinski definition) is 2. The smallest absolute Gasteiger partial charge is 0.372 e. The van der Waals surface area contributed by atoms with Crippen LogP contribution in [0.2, 0.25) is 0 Å². The highest BCUT2D eigenvalue weighted by Crippen LogP contribution is 2.48. The highest BCUT2D eigenvalue weighted by molar-refractivity contribution is 8.18. The summed E-state index contributed by atoms with van der Waals surface area (Å²) in [5, 5.41) is 8.02. The molecular weight excluding hydrogens is 531 g/mol. The van der Waals surface area contributed by atoms with Crippen molar-refractivity contribution in [2.24, 2.45) is 5.73 Å². The lowest BCUT2D eigenvalue weighted by Crippen LogP contribution is -2.61. The van der Waals surface area contributed by atoms with Crippen LogP contribution in [0.5, 0.6) is 0 Å². The number of alkyl halides is 6. The molecular formula is C19H20F7N3O4S2. The highest BCUT2D eigenvalue weighted by Gasteiger charge is 2.64. The first kappa shape index (κ1) is 27.5. The molecule has 2 aliphatic rings. The molecule has 2 aliphatic heterocycles. The van der Waals surface area contributed by atoms with E-state index in [0.29, 0.717) is 6.07 Å². The van der Waals surface area contributed by atoms with Crippen molar-refractivity contribution >= 4 is 33.4 Å². The summed E-state index contributed by atoms with van der Waals surface area (Å²) in [4.78, 5) is 12.6. The van der Waals surface area contributed by atoms with Crippen molar-refractivity contribution in [1.82, 2.24) is 4.31 Å². The second kappa shape index (κ2) is 9.12. The Balaban J connectivity index is 1.80. The van der Waals surface area contributed by atoms with Crippen LogP contribution in [-0.4, -0.2) is 66.4 Å². The Labute approximate surface area is 199 Å². The standard InChI is InChI=1S/C19H20F7N3O4S2/c1-10-9-28(13-3-2-11(20)8-12(13)18(21,22)23)6-7-29(10)35(32,33)15-5-4-14(34-15)17(31,16(27)30)19(24,25)26/h2-3,5,8,10,14,31H,4,6-7,9H2,1H3,(H2,27,30)/t10-,14?,17?/m1/s1. The number of amides is 1. The maximum atomic E-state index is 13.4. The van der Waals surface area contributed by atoms with E-state index in [4.69, 9.17) is 5.73 Å². The Morgan fingerprint density at radius 2 is 1.80 bits per heavy atom. The van der Waals surface area contributed by atoms with Crippen LogP contribution < -0.4 is 10.6 Å². The number of thioether (sulfide) groups is 1. The second-order valence-corrected chi connectivity index (χ2v) is 11.4. The highest BCUT2D eigenvalue weighted by atomic mass is 32.3. The van der Waals surface area contributed by atoms with Gasteiger partial charge in [0, 0.05) is 31.4 Å². The van der Waals surface area contributed by atoms with Crippen LogP contribution >= 0.6 is 11.8 Å². The zero-order valence-corrected chi connectivity index (χ0v) is 19.5. The average Bonchev–Trinajstić information content (AvgIpc) is 3.22. The number of allylic oxidation sites excluding steroid dienone is 1. The van der Waals surface area contributed by atoms with Gasteiger partial charge in [0.25, 0.3) is 11.5 Å². The third kappa shape index (κ3) is 4.97. The van der Waals surface area contributed by atoms with Crippen molar-refractivity contribution in [2.45, 2.75) is 42.6 Å². The molecule has 1 saturated heterocycles. The Morgan fingerprint density at radius 3 is 2.31 bits per heavy atom. The van der Waals surface area contributed by atoms with Gasteiger partial charge in [-0.25, -0.2) is 12.8 Å². The van der Waals surface area contributed by atoms with Crippen molar-refractivity contribution in [3.63, 3.8) is 0 Å². The van der Waals surface area contributed by atoms with Crippen molar-refractivity contribution in [1.29, 1.82) is 0 Å². The van der Waals surface area contributed by atoms with Crippen molar-refractivity contribution < 1.29 is 49.1 Å². The van der Waals surface area contributed by atoms with Crippen LogP contribution in [-0.2, 0) is 21.0 Å². The van der Waals surface area contributed by atoms with E-state index >= 15 is 0 Å².